The van der Waals surface area contributed by atoms with Gasteiger partial charge in [-0.15, -0.1) is 0 Å². The van der Waals surface area contributed by atoms with Gasteiger partial charge in [-0.2, -0.15) is 0 Å². The van der Waals surface area contributed by atoms with Crippen LogP contribution in [0.2, 0.25) is 0 Å². The molecule has 0 saturated carbocycles. The molecule has 2 heterocycles. The molecule has 0 bridgehead atoms. The van der Waals surface area contributed by atoms with Crippen molar-refractivity contribution in [2.45, 2.75) is 25.7 Å². The van der Waals surface area contributed by atoms with Crippen molar-refractivity contribution in [2.75, 3.05) is 38.2 Å². The number of rotatable bonds is 4. The summed E-state index contributed by atoms with van der Waals surface area (Å²) in [5.41, 5.74) is 6.56. The average molecular weight is 331 g/mol. The van der Waals surface area contributed by atoms with Crippen molar-refractivity contribution < 1.29 is 14.3 Å². The van der Waals surface area contributed by atoms with E-state index in [4.69, 9.17) is 10.5 Å². The van der Waals surface area contributed by atoms with Crippen LogP contribution < -0.4 is 11.1 Å². The lowest BCUT2D eigenvalue weighted by Crippen LogP contribution is -2.46. The largest absolute Gasteiger partial charge is 0.381 e. The lowest BCUT2D eigenvalue weighted by Gasteiger charge is -2.34. The van der Waals surface area contributed by atoms with Gasteiger partial charge in [0.1, 0.15) is 0 Å². The molecule has 1 aromatic carbocycles. The van der Waals surface area contributed by atoms with Crippen LogP contribution in [-0.2, 0) is 9.53 Å². The molecule has 6 nitrogen and oxygen atoms in total. The zero-order valence-corrected chi connectivity index (χ0v) is 13.9. The molecular formula is C18H25N3O3. The second kappa shape index (κ2) is 7.32. The molecule has 0 aliphatic carbocycles. The summed E-state index contributed by atoms with van der Waals surface area (Å²) >= 11 is 0. The zero-order valence-electron chi connectivity index (χ0n) is 13.9. The van der Waals surface area contributed by atoms with Crippen LogP contribution in [0.5, 0.6) is 0 Å². The standard InChI is InChI=1S/C18H25N3O3/c19-13-18(6-10-24-11-7-18)17(23)20-15-5-3-4-14(12-15)16(22)21-8-1-2-9-21/h3-5,12H,1-2,6-11,13,19H2,(H,20,23). The maximum absolute atomic E-state index is 12.7. The quantitative estimate of drug-likeness (QED) is 0.878. The van der Waals surface area contributed by atoms with E-state index in [9.17, 15) is 9.59 Å². The van der Waals surface area contributed by atoms with Crippen LogP contribution in [0.1, 0.15) is 36.0 Å². The first kappa shape index (κ1) is 16.9. The predicted octanol–water partition coefficient (Wildman–Crippen LogP) is 1.62. The highest BCUT2D eigenvalue weighted by Gasteiger charge is 2.38. The number of carbonyl (C=O) groups is 2. The first-order valence-electron chi connectivity index (χ1n) is 8.63. The first-order valence-corrected chi connectivity index (χ1v) is 8.63. The van der Waals surface area contributed by atoms with Crippen molar-refractivity contribution in [2.24, 2.45) is 11.1 Å². The fourth-order valence-corrected chi connectivity index (χ4v) is 3.38. The minimum absolute atomic E-state index is 0.0307. The summed E-state index contributed by atoms with van der Waals surface area (Å²) in [7, 11) is 0. The van der Waals surface area contributed by atoms with Crippen LogP contribution in [-0.4, -0.2) is 49.6 Å². The number of amides is 2. The van der Waals surface area contributed by atoms with Gasteiger partial charge in [0, 0.05) is 44.1 Å². The minimum Gasteiger partial charge on any atom is -0.381 e. The number of anilines is 1. The van der Waals surface area contributed by atoms with E-state index in [1.807, 2.05) is 11.0 Å². The van der Waals surface area contributed by atoms with Gasteiger partial charge in [0.15, 0.2) is 0 Å². The Morgan fingerprint density at radius 1 is 1.21 bits per heavy atom. The van der Waals surface area contributed by atoms with Gasteiger partial charge < -0.3 is 20.7 Å². The highest BCUT2D eigenvalue weighted by atomic mass is 16.5. The number of ether oxygens (including phenoxy) is 1. The lowest BCUT2D eigenvalue weighted by atomic mass is 9.79. The Kier molecular flexibility index (Phi) is 5.16. The van der Waals surface area contributed by atoms with Crippen molar-refractivity contribution in [3.8, 4) is 0 Å². The molecule has 2 fully saturated rings. The number of hydrogen-bond donors (Lipinski definition) is 2. The fourth-order valence-electron chi connectivity index (χ4n) is 3.38. The Hall–Kier alpha value is -1.92. The Morgan fingerprint density at radius 3 is 2.58 bits per heavy atom. The highest BCUT2D eigenvalue weighted by Crippen LogP contribution is 2.31. The molecule has 130 valence electrons. The number of benzene rings is 1. The van der Waals surface area contributed by atoms with Gasteiger partial charge in [0.2, 0.25) is 5.91 Å². The second-order valence-electron chi connectivity index (χ2n) is 6.63. The molecule has 2 saturated heterocycles. The molecule has 1 aromatic rings. The summed E-state index contributed by atoms with van der Waals surface area (Å²) in [5, 5.41) is 2.94. The van der Waals surface area contributed by atoms with Crippen LogP contribution >= 0.6 is 0 Å². The molecule has 2 aliphatic heterocycles. The maximum atomic E-state index is 12.7. The number of hydrogen-bond acceptors (Lipinski definition) is 4. The molecule has 2 amide bonds. The molecular weight excluding hydrogens is 306 g/mol. The molecule has 0 atom stereocenters. The molecule has 0 spiro atoms. The molecule has 6 heteroatoms. The van der Waals surface area contributed by atoms with Gasteiger partial charge in [-0.25, -0.2) is 0 Å². The SMILES string of the molecule is NCC1(C(=O)Nc2cccc(C(=O)N3CCCC3)c2)CCOCC1. The molecule has 24 heavy (non-hydrogen) atoms. The van der Waals surface area contributed by atoms with E-state index >= 15 is 0 Å². The van der Waals surface area contributed by atoms with Crippen molar-refractivity contribution in [3.05, 3.63) is 29.8 Å². The third-order valence-corrected chi connectivity index (χ3v) is 5.08. The summed E-state index contributed by atoms with van der Waals surface area (Å²) in [6, 6.07) is 7.16. The monoisotopic (exact) mass is 331 g/mol. The van der Waals surface area contributed by atoms with Crippen molar-refractivity contribution in [1.82, 2.24) is 4.90 Å². The van der Waals surface area contributed by atoms with E-state index < -0.39 is 5.41 Å². The summed E-state index contributed by atoms with van der Waals surface area (Å²) in [6.07, 6.45) is 3.37. The fraction of sp³-hybridized carbons (Fsp3) is 0.556. The highest BCUT2D eigenvalue weighted by molar-refractivity contribution is 5.99. The third kappa shape index (κ3) is 3.44. The van der Waals surface area contributed by atoms with Gasteiger partial charge in [-0.05, 0) is 43.9 Å². The van der Waals surface area contributed by atoms with E-state index in [2.05, 4.69) is 5.32 Å². The van der Waals surface area contributed by atoms with E-state index in [0.717, 1.165) is 25.9 Å². The van der Waals surface area contributed by atoms with Gasteiger partial charge in [-0.3, -0.25) is 9.59 Å². The molecule has 3 rings (SSSR count). The third-order valence-electron chi connectivity index (χ3n) is 5.08. The summed E-state index contributed by atoms with van der Waals surface area (Å²) in [6.45, 7) is 3.03. The Balaban J connectivity index is 1.71. The minimum atomic E-state index is -0.576. The zero-order chi connectivity index (χ0) is 17.0. The number of nitrogens with one attached hydrogen (secondary N) is 1. The van der Waals surface area contributed by atoms with Gasteiger partial charge >= 0.3 is 0 Å². The second-order valence-corrected chi connectivity index (χ2v) is 6.63. The van der Waals surface area contributed by atoms with Crippen molar-refractivity contribution in [1.29, 1.82) is 0 Å². The van der Waals surface area contributed by atoms with Crippen LogP contribution in [0, 0.1) is 5.41 Å². The number of likely N-dealkylation sites (tertiary alicyclic amines) is 1. The molecule has 0 radical (unpaired) electrons. The van der Waals surface area contributed by atoms with E-state index in [1.165, 1.54) is 0 Å². The smallest absolute Gasteiger partial charge is 0.253 e. The molecule has 2 aliphatic rings. The topological polar surface area (TPSA) is 84.7 Å². The van der Waals surface area contributed by atoms with E-state index in [0.29, 0.717) is 43.9 Å². The molecule has 0 unspecified atom stereocenters. The van der Waals surface area contributed by atoms with E-state index in [-0.39, 0.29) is 11.8 Å². The lowest BCUT2D eigenvalue weighted by molar-refractivity contribution is -0.130. The summed E-state index contributed by atoms with van der Waals surface area (Å²) in [4.78, 5) is 27.1. The molecule has 0 aromatic heterocycles. The molecule has 3 N–H and O–H groups in total. The van der Waals surface area contributed by atoms with Crippen LogP contribution in [0.3, 0.4) is 0 Å². The van der Waals surface area contributed by atoms with Gasteiger partial charge in [-0.1, -0.05) is 6.07 Å². The van der Waals surface area contributed by atoms with Crippen LogP contribution in [0.25, 0.3) is 0 Å². The van der Waals surface area contributed by atoms with E-state index in [1.54, 1.807) is 18.2 Å². The Labute approximate surface area is 142 Å². The maximum Gasteiger partial charge on any atom is 0.253 e. The first-order chi connectivity index (χ1) is 11.6. The predicted molar refractivity (Wildman–Crippen MR) is 91.7 cm³/mol. The van der Waals surface area contributed by atoms with Crippen molar-refractivity contribution in [3.63, 3.8) is 0 Å². The number of nitrogens with two attached hydrogens (primary N) is 1. The summed E-state index contributed by atoms with van der Waals surface area (Å²) in [5.74, 6) is -0.0534. The normalized spacial score (nSPS) is 20.0. The Bertz CT molecular complexity index is 605. The van der Waals surface area contributed by atoms with Crippen molar-refractivity contribution >= 4 is 17.5 Å². The van der Waals surface area contributed by atoms with Gasteiger partial charge in [0.05, 0.1) is 5.41 Å². The van der Waals surface area contributed by atoms with Crippen LogP contribution in [0.15, 0.2) is 24.3 Å². The average Bonchev–Trinajstić information content (AvgIpc) is 3.16. The van der Waals surface area contributed by atoms with Crippen LogP contribution in [0.4, 0.5) is 5.69 Å². The Morgan fingerprint density at radius 2 is 1.92 bits per heavy atom. The van der Waals surface area contributed by atoms with Gasteiger partial charge in [0.25, 0.3) is 5.91 Å². The summed E-state index contributed by atoms with van der Waals surface area (Å²) < 4.78 is 5.35. The number of carbonyl (C=O) groups excluding carboxylic acids is 2. The number of nitrogens with zero attached hydrogens (tertiary/aromatic N) is 1.